The van der Waals surface area contributed by atoms with E-state index in [0.29, 0.717) is 11.5 Å². The van der Waals surface area contributed by atoms with E-state index in [4.69, 9.17) is 9.47 Å². The molecule has 0 spiro atoms. The Morgan fingerprint density at radius 2 is 1.85 bits per heavy atom. The molecular weight excluding hydrogens is 382 g/mol. The van der Waals surface area contributed by atoms with Crippen LogP contribution in [-0.2, 0) is 14.8 Å². The number of rotatable bonds is 6. The first kappa shape index (κ1) is 19.1. The van der Waals surface area contributed by atoms with Crippen LogP contribution in [0, 0.1) is 11.6 Å². The summed E-state index contributed by atoms with van der Waals surface area (Å²) in [4.78, 5) is 12.9. The lowest BCUT2D eigenvalue weighted by Crippen LogP contribution is -2.37. The first-order valence-corrected chi connectivity index (χ1v) is 9.39. The third kappa shape index (κ3) is 4.17. The van der Waals surface area contributed by atoms with E-state index in [-0.39, 0.29) is 30.5 Å². The Bertz CT molecular complexity index is 981. The first-order chi connectivity index (χ1) is 12.8. The second-order valence-electron chi connectivity index (χ2n) is 5.68. The van der Waals surface area contributed by atoms with Gasteiger partial charge in [-0.25, -0.2) is 21.9 Å². The van der Waals surface area contributed by atoms with E-state index in [0.717, 1.165) is 17.0 Å². The number of sulfonamides is 1. The molecule has 144 valence electrons. The lowest BCUT2D eigenvalue weighted by atomic mass is 10.2. The highest BCUT2D eigenvalue weighted by atomic mass is 32.2. The molecule has 0 radical (unpaired) electrons. The number of carbonyl (C=O) groups is 1. The zero-order chi connectivity index (χ0) is 19.6. The van der Waals surface area contributed by atoms with Crippen LogP contribution in [0.15, 0.2) is 41.3 Å². The fourth-order valence-electron chi connectivity index (χ4n) is 2.54. The fourth-order valence-corrected chi connectivity index (χ4v) is 3.58. The summed E-state index contributed by atoms with van der Waals surface area (Å²) >= 11 is 0. The second kappa shape index (κ2) is 7.49. The summed E-state index contributed by atoms with van der Waals surface area (Å²) in [7, 11) is -3.86. The number of fused-ring (bicyclic) bond motifs is 1. The van der Waals surface area contributed by atoms with E-state index >= 15 is 0 Å². The van der Waals surface area contributed by atoms with Crippen molar-refractivity contribution in [3.63, 3.8) is 0 Å². The summed E-state index contributed by atoms with van der Waals surface area (Å²) in [5.41, 5.74) is 0.128. The maximum Gasteiger partial charge on any atom is 0.240 e. The minimum atomic E-state index is -3.86. The SMILES string of the molecule is CC(=O)N(CCNS(=O)(=O)c1ccc2c(c1)OCO2)c1ccc(F)c(F)c1. The highest BCUT2D eigenvalue weighted by Crippen LogP contribution is 2.33. The summed E-state index contributed by atoms with van der Waals surface area (Å²) in [5.74, 6) is -1.80. The molecule has 27 heavy (non-hydrogen) atoms. The zero-order valence-electron chi connectivity index (χ0n) is 14.2. The van der Waals surface area contributed by atoms with Crippen molar-refractivity contribution in [1.82, 2.24) is 4.72 Å². The molecule has 0 aliphatic carbocycles. The van der Waals surface area contributed by atoms with Crippen LogP contribution in [0.1, 0.15) is 6.92 Å². The van der Waals surface area contributed by atoms with Crippen molar-refractivity contribution in [3.05, 3.63) is 48.0 Å². The number of benzene rings is 2. The Morgan fingerprint density at radius 3 is 2.56 bits per heavy atom. The molecule has 0 aromatic heterocycles. The highest BCUT2D eigenvalue weighted by Gasteiger charge is 2.21. The summed E-state index contributed by atoms with van der Waals surface area (Å²) < 4.78 is 63.9. The van der Waals surface area contributed by atoms with Crippen LogP contribution < -0.4 is 19.1 Å². The van der Waals surface area contributed by atoms with Gasteiger partial charge in [0.05, 0.1) is 4.90 Å². The minimum absolute atomic E-state index is 0.0195. The average molecular weight is 398 g/mol. The number of anilines is 1. The Hall–Kier alpha value is -2.72. The molecule has 0 fully saturated rings. The van der Waals surface area contributed by atoms with Crippen molar-refractivity contribution < 1.29 is 31.5 Å². The molecular formula is C17H16F2N2O5S. The quantitative estimate of drug-likeness (QED) is 0.805. The van der Waals surface area contributed by atoms with Crippen molar-refractivity contribution in [3.8, 4) is 11.5 Å². The molecule has 0 atom stereocenters. The van der Waals surface area contributed by atoms with E-state index in [1.54, 1.807) is 0 Å². The van der Waals surface area contributed by atoms with Crippen LogP contribution in [0.2, 0.25) is 0 Å². The topological polar surface area (TPSA) is 84.9 Å². The predicted octanol–water partition coefficient (Wildman–Crippen LogP) is 2.02. The molecule has 0 bridgehead atoms. The minimum Gasteiger partial charge on any atom is -0.454 e. The summed E-state index contributed by atoms with van der Waals surface area (Å²) in [6.45, 7) is 1.07. The van der Waals surface area contributed by atoms with Crippen molar-refractivity contribution in [1.29, 1.82) is 0 Å². The van der Waals surface area contributed by atoms with E-state index in [2.05, 4.69) is 4.72 Å². The van der Waals surface area contributed by atoms with Gasteiger partial charge in [-0.05, 0) is 24.3 Å². The monoisotopic (exact) mass is 398 g/mol. The van der Waals surface area contributed by atoms with E-state index < -0.39 is 27.6 Å². The number of nitrogens with zero attached hydrogens (tertiary/aromatic N) is 1. The fraction of sp³-hybridized carbons (Fsp3) is 0.235. The van der Waals surface area contributed by atoms with Gasteiger partial charge >= 0.3 is 0 Å². The lowest BCUT2D eigenvalue weighted by Gasteiger charge is -2.21. The molecule has 0 saturated carbocycles. The first-order valence-electron chi connectivity index (χ1n) is 7.90. The Morgan fingerprint density at radius 1 is 1.11 bits per heavy atom. The van der Waals surface area contributed by atoms with Gasteiger partial charge < -0.3 is 14.4 Å². The lowest BCUT2D eigenvalue weighted by molar-refractivity contribution is -0.116. The summed E-state index contributed by atoms with van der Waals surface area (Å²) in [6, 6.07) is 7.21. The van der Waals surface area contributed by atoms with Crippen molar-refractivity contribution >= 4 is 21.6 Å². The molecule has 1 aliphatic rings. The van der Waals surface area contributed by atoms with Crippen LogP contribution in [0.25, 0.3) is 0 Å². The van der Waals surface area contributed by atoms with Crippen LogP contribution >= 0.6 is 0 Å². The Balaban J connectivity index is 1.69. The number of amides is 1. The largest absolute Gasteiger partial charge is 0.454 e. The molecule has 10 heteroatoms. The van der Waals surface area contributed by atoms with Gasteiger partial charge in [0, 0.05) is 37.8 Å². The molecule has 1 amide bonds. The molecule has 0 saturated heterocycles. The summed E-state index contributed by atoms with van der Waals surface area (Å²) in [5, 5.41) is 0. The number of hydrogen-bond donors (Lipinski definition) is 1. The number of carbonyl (C=O) groups excluding carboxylic acids is 1. The predicted molar refractivity (Wildman–Crippen MR) is 92.1 cm³/mol. The number of nitrogens with one attached hydrogen (secondary N) is 1. The van der Waals surface area contributed by atoms with Crippen molar-refractivity contribution in [2.45, 2.75) is 11.8 Å². The smallest absolute Gasteiger partial charge is 0.240 e. The van der Waals surface area contributed by atoms with Gasteiger partial charge in [0.15, 0.2) is 23.1 Å². The number of ether oxygens (including phenoxy) is 2. The molecule has 3 rings (SSSR count). The van der Waals surface area contributed by atoms with Gasteiger partial charge in [-0.3, -0.25) is 4.79 Å². The van der Waals surface area contributed by atoms with Crippen molar-refractivity contribution in [2.24, 2.45) is 0 Å². The molecule has 2 aromatic rings. The van der Waals surface area contributed by atoms with Crippen molar-refractivity contribution in [2.75, 3.05) is 24.8 Å². The second-order valence-corrected chi connectivity index (χ2v) is 7.45. The van der Waals surface area contributed by atoms with Gasteiger partial charge in [0.2, 0.25) is 22.7 Å². The van der Waals surface area contributed by atoms with E-state index in [1.807, 2.05) is 0 Å². The third-order valence-electron chi connectivity index (χ3n) is 3.88. The summed E-state index contributed by atoms with van der Waals surface area (Å²) in [6.07, 6.45) is 0. The van der Waals surface area contributed by atoms with Crippen LogP contribution in [0.3, 0.4) is 0 Å². The standard InChI is InChI=1S/C17H16F2N2O5S/c1-11(22)21(12-2-4-14(18)15(19)8-12)7-6-20-27(23,24)13-3-5-16-17(9-13)26-10-25-16/h2-5,8-9,20H,6-7,10H2,1H3. The van der Waals surface area contributed by atoms with Crippen LogP contribution in [0.4, 0.5) is 14.5 Å². The maximum absolute atomic E-state index is 13.4. The van der Waals surface area contributed by atoms with E-state index in [1.165, 1.54) is 31.2 Å². The van der Waals surface area contributed by atoms with Gasteiger partial charge in [0.1, 0.15) is 0 Å². The maximum atomic E-state index is 13.4. The molecule has 2 aromatic carbocycles. The molecule has 1 aliphatic heterocycles. The van der Waals surface area contributed by atoms with Crippen LogP contribution in [0.5, 0.6) is 11.5 Å². The van der Waals surface area contributed by atoms with Gasteiger partial charge in [-0.2, -0.15) is 0 Å². The average Bonchev–Trinajstić information content (AvgIpc) is 3.08. The molecule has 1 heterocycles. The van der Waals surface area contributed by atoms with Crippen LogP contribution in [-0.4, -0.2) is 34.2 Å². The zero-order valence-corrected chi connectivity index (χ0v) is 15.1. The Kier molecular flexibility index (Phi) is 5.29. The molecule has 0 unspecified atom stereocenters. The molecule has 7 nitrogen and oxygen atoms in total. The van der Waals surface area contributed by atoms with Gasteiger partial charge in [-0.15, -0.1) is 0 Å². The van der Waals surface area contributed by atoms with Gasteiger partial charge in [0.25, 0.3) is 0 Å². The number of halogens is 2. The van der Waals surface area contributed by atoms with E-state index in [9.17, 15) is 22.0 Å². The number of hydrogen-bond acceptors (Lipinski definition) is 5. The normalized spacial score (nSPS) is 12.9. The Labute approximate surface area is 154 Å². The molecule has 1 N–H and O–H groups in total. The van der Waals surface area contributed by atoms with Gasteiger partial charge in [-0.1, -0.05) is 0 Å². The third-order valence-corrected chi connectivity index (χ3v) is 5.34. The highest BCUT2D eigenvalue weighted by molar-refractivity contribution is 7.89.